The second-order valence-electron chi connectivity index (χ2n) is 4.56. The van der Waals surface area contributed by atoms with Gasteiger partial charge in [0.15, 0.2) is 0 Å². The largest absolute Gasteiger partial charge is 0.432 e. The summed E-state index contributed by atoms with van der Waals surface area (Å²) < 4.78 is 5.02. The number of nitrogens with two attached hydrogens (primary N) is 1. The number of carbonyl (C=O) groups excluding carboxylic acids is 1. The molecular weight excluding hydrogens is 242 g/mol. The zero-order chi connectivity index (χ0) is 13.4. The number of anilines is 2. The number of hydrogen-bond acceptors (Lipinski definition) is 4. The number of carbonyl (C=O) groups is 1. The lowest BCUT2D eigenvalue weighted by Crippen LogP contribution is -2.27. The Kier molecular flexibility index (Phi) is 2.74. The highest BCUT2D eigenvalue weighted by molar-refractivity contribution is 5.95. The summed E-state index contributed by atoms with van der Waals surface area (Å²) in [5.74, 6) is 0.164. The van der Waals surface area contributed by atoms with Crippen LogP contribution in [0.25, 0.3) is 11.3 Å². The highest BCUT2D eigenvalue weighted by Gasteiger charge is 2.23. The van der Waals surface area contributed by atoms with Crippen LogP contribution in [0.2, 0.25) is 0 Å². The standard InChI is InChI=1S/C14H15N3O2/c1-2-13(18)17-6-5-10-7-9(3-4-12(10)17)11-8-19-14(15)16-11/h3-4,7-8H,2,5-6H2,1H3,(H2,15,16). The molecule has 1 aliphatic heterocycles. The number of fused-ring (bicyclic) bond motifs is 1. The summed E-state index contributed by atoms with van der Waals surface area (Å²) in [4.78, 5) is 17.8. The fourth-order valence-corrected chi connectivity index (χ4v) is 2.43. The Balaban J connectivity index is 1.96. The Morgan fingerprint density at radius 2 is 2.37 bits per heavy atom. The van der Waals surface area contributed by atoms with Gasteiger partial charge in [-0.3, -0.25) is 4.79 Å². The highest BCUT2D eigenvalue weighted by atomic mass is 16.4. The molecule has 0 saturated heterocycles. The molecule has 19 heavy (non-hydrogen) atoms. The van der Waals surface area contributed by atoms with E-state index >= 15 is 0 Å². The van der Waals surface area contributed by atoms with Gasteiger partial charge in [-0.15, -0.1) is 0 Å². The van der Waals surface area contributed by atoms with Crippen LogP contribution in [0, 0.1) is 0 Å². The first kappa shape index (κ1) is 11.8. The molecule has 1 aromatic carbocycles. The Morgan fingerprint density at radius 3 is 3.05 bits per heavy atom. The molecule has 98 valence electrons. The molecule has 1 amide bonds. The topological polar surface area (TPSA) is 72.4 Å². The van der Waals surface area contributed by atoms with Gasteiger partial charge >= 0.3 is 0 Å². The zero-order valence-corrected chi connectivity index (χ0v) is 10.7. The number of rotatable bonds is 2. The first-order valence-corrected chi connectivity index (χ1v) is 6.33. The van der Waals surface area contributed by atoms with Crippen molar-refractivity contribution in [3.8, 4) is 11.3 Å². The lowest BCUT2D eigenvalue weighted by atomic mass is 10.1. The molecule has 0 spiro atoms. The monoisotopic (exact) mass is 257 g/mol. The van der Waals surface area contributed by atoms with Crippen molar-refractivity contribution in [2.75, 3.05) is 17.2 Å². The van der Waals surface area contributed by atoms with Gasteiger partial charge in [-0.05, 0) is 24.1 Å². The van der Waals surface area contributed by atoms with Crippen LogP contribution in [0.3, 0.4) is 0 Å². The molecule has 2 heterocycles. The average molecular weight is 257 g/mol. The second-order valence-corrected chi connectivity index (χ2v) is 4.56. The van der Waals surface area contributed by atoms with Crippen molar-refractivity contribution in [2.45, 2.75) is 19.8 Å². The number of oxazole rings is 1. The van der Waals surface area contributed by atoms with Crippen molar-refractivity contribution in [1.82, 2.24) is 4.98 Å². The minimum Gasteiger partial charge on any atom is -0.432 e. The van der Waals surface area contributed by atoms with Gasteiger partial charge in [0.1, 0.15) is 12.0 Å². The Labute approximate surface area is 111 Å². The number of nitrogens with zero attached hydrogens (tertiary/aromatic N) is 2. The minimum atomic E-state index is 0.164. The molecule has 3 rings (SSSR count). The number of hydrogen-bond donors (Lipinski definition) is 1. The fourth-order valence-electron chi connectivity index (χ4n) is 2.43. The van der Waals surface area contributed by atoms with E-state index in [0.717, 1.165) is 29.9 Å². The maximum Gasteiger partial charge on any atom is 0.292 e. The van der Waals surface area contributed by atoms with Gasteiger partial charge < -0.3 is 15.1 Å². The molecule has 0 unspecified atom stereocenters. The van der Waals surface area contributed by atoms with Gasteiger partial charge in [0, 0.05) is 24.2 Å². The summed E-state index contributed by atoms with van der Waals surface area (Å²) in [6.45, 7) is 2.64. The maximum absolute atomic E-state index is 11.8. The van der Waals surface area contributed by atoms with Gasteiger partial charge in [0.2, 0.25) is 5.91 Å². The zero-order valence-electron chi connectivity index (χ0n) is 10.7. The molecule has 5 heteroatoms. The van der Waals surface area contributed by atoms with Crippen LogP contribution in [-0.2, 0) is 11.2 Å². The summed E-state index contributed by atoms with van der Waals surface area (Å²) in [6.07, 6.45) is 2.95. The number of aromatic nitrogens is 1. The van der Waals surface area contributed by atoms with E-state index in [1.54, 1.807) is 6.26 Å². The molecule has 2 N–H and O–H groups in total. The number of benzene rings is 1. The summed E-state index contributed by atoms with van der Waals surface area (Å²) >= 11 is 0. The van der Waals surface area contributed by atoms with Gasteiger partial charge in [-0.25, -0.2) is 0 Å². The van der Waals surface area contributed by atoms with E-state index in [-0.39, 0.29) is 11.9 Å². The second kappa shape index (κ2) is 4.42. The van der Waals surface area contributed by atoms with Crippen molar-refractivity contribution in [2.24, 2.45) is 0 Å². The normalized spacial score (nSPS) is 13.6. The van der Waals surface area contributed by atoms with Crippen molar-refractivity contribution < 1.29 is 9.21 Å². The fraction of sp³-hybridized carbons (Fsp3) is 0.286. The first-order chi connectivity index (χ1) is 9.19. The SMILES string of the molecule is CCC(=O)N1CCc2cc(-c3coc(N)n3)ccc21. The third-order valence-electron chi connectivity index (χ3n) is 3.40. The van der Waals surface area contributed by atoms with Crippen LogP contribution in [-0.4, -0.2) is 17.4 Å². The van der Waals surface area contributed by atoms with Crippen LogP contribution < -0.4 is 10.6 Å². The summed E-state index contributed by atoms with van der Waals surface area (Å²) in [6, 6.07) is 6.13. The van der Waals surface area contributed by atoms with E-state index in [1.165, 1.54) is 5.56 Å². The molecular formula is C14H15N3O2. The minimum absolute atomic E-state index is 0.164. The third-order valence-corrected chi connectivity index (χ3v) is 3.40. The van der Waals surface area contributed by atoms with Gasteiger partial charge in [0.25, 0.3) is 6.01 Å². The smallest absolute Gasteiger partial charge is 0.292 e. The van der Waals surface area contributed by atoms with Crippen LogP contribution in [0.5, 0.6) is 0 Å². The van der Waals surface area contributed by atoms with Gasteiger partial charge in [0.05, 0.1) is 0 Å². The van der Waals surface area contributed by atoms with E-state index in [0.29, 0.717) is 6.42 Å². The molecule has 1 aromatic heterocycles. The highest BCUT2D eigenvalue weighted by Crippen LogP contribution is 2.32. The van der Waals surface area contributed by atoms with E-state index < -0.39 is 0 Å². The van der Waals surface area contributed by atoms with E-state index in [2.05, 4.69) is 11.1 Å². The molecule has 0 saturated carbocycles. The van der Waals surface area contributed by atoms with Crippen molar-refractivity contribution in [3.63, 3.8) is 0 Å². The molecule has 0 radical (unpaired) electrons. The predicted molar refractivity (Wildman–Crippen MR) is 72.7 cm³/mol. The van der Waals surface area contributed by atoms with Gasteiger partial charge in [-0.1, -0.05) is 13.0 Å². The van der Waals surface area contributed by atoms with Crippen LogP contribution >= 0.6 is 0 Å². The number of amides is 1. The molecule has 5 nitrogen and oxygen atoms in total. The maximum atomic E-state index is 11.8. The van der Waals surface area contributed by atoms with Crippen LogP contribution in [0.4, 0.5) is 11.7 Å². The summed E-state index contributed by atoms with van der Waals surface area (Å²) in [5.41, 5.74) is 9.34. The Morgan fingerprint density at radius 1 is 1.53 bits per heavy atom. The molecule has 0 bridgehead atoms. The summed E-state index contributed by atoms with van der Waals surface area (Å²) in [7, 11) is 0. The van der Waals surface area contributed by atoms with Crippen molar-refractivity contribution in [1.29, 1.82) is 0 Å². The van der Waals surface area contributed by atoms with Gasteiger partial charge in [-0.2, -0.15) is 4.98 Å². The molecule has 0 atom stereocenters. The van der Waals surface area contributed by atoms with Crippen molar-refractivity contribution >= 4 is 17.6 Å². The molecule has 0 fully saturated rings. The van der Waals surface area contributed by atoms with E-state index in [9.17, 15) is 4.79 Å². The first-order valence-electron chi connectivity index (χ1n) is 6.33. The Bertz CT molecular complexity index is 633. The molecule has 1 aliphatic rings. The number of nitrogen functional groups attached to an aromatic ring is 1. The summed E-state index contributed by atoms with van der Waals surface area (Å²) in [5, 5.41) is 0. The quantitative estimate of drug-likeness (QED) is 0.895. The lowest BCUT2D eigenvalue weighted by molar-refractivity contribution is -0.118. The molecule has 2 aromatic rings. The third kappa shape index (κ3) is 1.97. The molecule has 0 aliphatic carbocycles. The van der Waals surface area contributed by atoms with E-state index in [1.807, 2.05) is 24.0 Å². The predicted octanol–water partition coefficient (Wildman–Crippen LogP) is 2.22. The van der Waals surface area contributed by atoms with Crippen LogP contribution in [0.1, 0.15) is 18.9 Å². The van der Waals surface area contributed by atoms with Crippen LogP contribution in [0.15, 0.2) is 28.9 Å². The van der Waals surface area contributed by atoms with E-state index in [4.69, 9.17) is 10.2 Å². The lowest BCUT2D eigenvalue weighted by Gasteiger charge is -2.16. The Hall–Kier alpha value is -2.30. The average Bonchev–Trinajstić information content (AvgIpc) is 3.03. The van der Waals surface area contributed by atoms with Crippen molar-refractivity contribution in [3.05, 3.63) is 30.0 Å².